The molecule has 0 amide bonds. The van der Waals surface area contributed by atoms with Crippen molar-refractivity contribution < 1.29 is 4.39 Å². The second-order valence-corrected chi connectivity index (χ2v) is 4.45. The summed E-state index contributed by atoms with van der Waals surface area (Å²) >= 11 is 0. The summed E-state index contributed by atoms with van der Waals surface area (Å²) in [6.07, 6.45) is 6.89. The van der Waals surface area contributed by atoms with E-state index in [1.165, 1.54) is 32.1 Å². The van der Waals surface area contributed by atoms with Crippen LogP contribution < -0.4 is 5.73 Å². The molecule has 0 bridgehead atoms. The van der Waals surface area contributed by atoms with Crippen molar-refractivity contribution in [3.8, 4) is 0 Å². The molecule has 84 valence electrons. The monoisotopic (exact) mass is 202 g/mol. The van der Waals surface area contributed by atoms with Crippen LogP contribution in [0.5, 0.6) is 0 Å². The molecule has 3 heteroatoms. The van der Waals surface area contributed by atoms with E-state index in [2.05, 4.69) is 11.9 Å². The molecule has 0 atom stereocenters. The zero-order chi connectivity index (χ0) is 10.4. The van der Waals surface area contributed by atoms with Crippen molar-refractivity contribution in [1.82, 2.24) is 4.90 Å². The van der Waals surface area contributed by atoms with E-state index in [-0.39, 0.29) is 12.2 Å². The molecule has 2 N–H and O–H groups in total. The quantitative estimate of drug-likeness (QED) is 0.738. The maximum atomic E-state index is 12.1. The fourth-order valence-electron chi connectivity index (χ4n) is 2.49. The molecule has 0 aromatic heterocycles. The van der Waals surface area contributed by atoms with Gasteiger partial charge >= 0.3 is 0 Å². The second-order valence-electron chi connectivity index (χ2n) is 4.45. The molecule has 0 aromatic carbocycles. The summed E-state index contributed by atoms with van der Waals surface area (Å²) in [6.45, 7) is 1.34. The number of alkyl halides is 1. The Hall–Kier alpha value is -0.150. The number of rotatable bonds is 5. The Labute approximate surface area is 86.6 Å². The molecular formula is C11H23FN2. The first-order valence-corrected chi connectivity index (χ1v) is 5.72. The number of likely N-dealkylation sites (N-methyl/N-ethyl adjacent to an activating group) is 1. The van der Waals surface area contributed by atoms with Crippen LogP contribution in [0.3, 0.4) is 0 Å². The van der Waals surface area contributed by atoms with Crippen LogP contribution in [0.1, 0.15) is 38.5 Å². The van der Waals surface area contributed by atoms with Crippen molar-refractivity contribution in [3.63, 3.8) is 0 Å². The van der Waals surface area contributed by atoms with Crippen LogP contribution in [0.2, 0.25) is 0 Å². The normalized spacial score (nSPS) is 21.4. The van der Waals surface area contributed by atoms with Crippen LogP contribution in [0.15, 0.2) is 0 Å². The smallest absolute Gasteiger partial charge is 0.0906 e. The van der Waals surface area contributed by atoms with Crippen LogP contribution >= 0.6 is 0 Å². The standard InChI is InChI=1S/C11H23FN2/c1-14(9-5-8-12)11(10-13)6-3-2-4-7-11/h2-10,13H2,1H3. The fourth-order valence-corrected chi connectivity index (χ4v) is 2.49. The molecule has 1 rings (SSSR count). The van der Waals surface area contributed by atoms with Crippen molar-refractivity contribution in [1.29, 1.82) is 0 Å². The van der Waals surface area contributed by atoms with Crippen molar-refractivity contribution in [3.05, 3.63) is 0 Å². The van der Waals surface area contributed by atoms with Gasteiger partial charge in [0.15, 0.2) is 0 Å². The lowest BCUT2D eigenvalue weighted by atomic mass is 9.80. The highest BCUT2D eigenvalue weighted by Crippen LogP contribution is 2.31. The molecule has 0 radical (unpaired) electrons. The van der Waals surface area contributed by atoms with Gasteiger partial charge in [-0.25, -0.2) is 0 Å². The van der Waals surface area contributed by atoms with E-state index < -0.39 is 0 Å². The Balaban J connectivity index is 2.48. The van der Waals surface area contributed by atoms with E-state index in [1.807, 2.05) is 0 Å². The maximum Gasteiger partial charge on any atom is 0.0906 e. The Morgan fingerprint density at radius 2 is 1.93 bits per heavy atom. The van der Waals surface area contributed by atoms with Gasteiger partial charge in [-0.05, 0) is 26.3 Å². The van der Waals surface area contributed by atoms with Crippen molar-refractivity contribution in [2.24, 2.45) is 5.73 Å². The number of nitrogens with two attached hydrogens (primary N) is 1. The molecule has 0 unspecified atom stereocenters. The molecule has 1 aliphatic rings. The summed E-state index contributed by atoms with van der Waals surface area (Å²) in [6, 6.07) is 0. The molecule has 0 aromatic rings. The Bertz CT molecular complexity index is 155. The van der Waals surface area contributed by atoms with E-state index in [9.17, 15) is 4.39 Å². The van der Waals surface area contributed by atoms with Gasteiger partial charge in [0.2, 0.25) is 0 Å². The van der Waals surface area contributed by atoms with E-state index >= 15 is 0 Å². The first-order chi connectivity index (χ1) is 6.75. The SMILES string of the molecule is CN(CCCF)C1(CN)CCCCC1. The predicted octanol–water partition coefficient (Wildman–Crippen LogP) is 1.94. The lowest BCUT2D eigenvalue weighted by Gasteiger charge is -2.44. The zero-order valence-electron chi connectivity index (χ0n) is 9.27. The van der Waals surface area contributed by atoms with Gasteiger partial charge in [-0.1, -0.05) is 19.3 Å². The zero-order valence-corrected chi connectivity index (χ0v) is 9.27. The number of halogens is 1. The summed E-state index contributed by atoms with van der Waals surface area (Å²) in [5.74, 6) is 0. The summed E-state index contributed by atoms with van der Waals surface area (Å²) in [7, 11) is 2.09. The Morgan fingerprint density at radius 1 is 1.29 bits per heavy atom. The average molecular weight is 202 g/mol. The Morgan fingerprint density at radius 3 is 2.43 bits per heavy atom. The predicted molar refractivity (Wildman–Crippen MR) is 58.1 cm³/mol. The second kappa shape index (κ2) is 5.66. The Kier molecular flexibility index (Phi) is 4.82. The molecular weight excluding hydrogens is 179 g/mol. The minimum Gasteiger partial charge on any atom is -0.329 e. The lowest BCUT2D eigenvalue weighted by molar-refractivity contribution is 0.0797. The van der Waals surface area contributed by atoms with Gasteiger partial charge in [0.1, 0.15) is 0 Å². The summed E-state index contributed by atoms with van der Waals surface area (Å²) < 4.78 is 12.1. The van der Waals surface area contributed by atoms with Gasteiger partial charge in [0, 0.05) is 18.6 Å². The van der Waals surface area contributed by atoms with Crippen LogP contribution in [0.25, 0.3) is 0 Å². The maximum absolute atomic E-state index is 12.1. The number of hydrogen-bond donors (Lipinski definition) is 1. The van der Waals surface area contributed by atoms with Gasteiger partial charge < -0.3 is 5.73 Å². The van der Waals surface area contributed by atoms with Crippen LogP contribution in [-0.4, -0.2) is 37.3 Å². The van der Waals surface area contributed by atoms with E-state index in [0.717, 1.165) is 13.1 Å². The largest absolute Gasteiger partial charge is 0.329 e. The molecule has 14 heavy (non-hydrogen) atoms. The van der Waals surface area contributed by atoms with Gasteiger partial charge in [-0.3, -0.25) is 9.29 Å². The molecule has 1 saturated carbocycles. The molecule has 0 saturated heterocycles. The topological polar surface area (TPSA) is 29.3 Å². The van der Waals surface area contributed by atoms with Gasteiger partial charge in [-0.2, -0.15) is 0 Å². The number of hydrogen-bond acceptors (Lipinski definition) is 2. The van der Waals surface area contributed by atoms with Crippen molar-refractivity contribution >= 4 is 0 Å². The molecule has 0 aliphatic heterocycles. The molecule has 2 nitrogen and oxygen atoms in total. The summed E-state index contributed by atoms with van der Waals surface area (Å²) in [5, 5.41) is 0. The van der Waals surface area contributed by atoms with E-state index in [1.54, 1.807) is 0 Å². The van der Waals surface area contributed by atoms with Gasteiger partial charge in [0.25, 0.3) is 0 Å². The molecule has 0 heterocycles. The summed E-state index contributed by atoms with van der Waals surface area (Å²) in [4.78, 5) is 2.28. The van der Waals surface area contributed by atoms with E-state index in [0.29, 0.717) is 6.42 Å². The third-order valence-electron chi connectivity index (χ3n) is 3.60. The van der Waals surface area contributed by atoms with E-state index in [4.69, 9.17) is 5.73 Å². The van der Waals surface area contributed by atoms with Crippen LogP contribution in [-0.2, 0) is 0 Å². The average Bonchev–Trinajstić information content (AvgIpc) is 2.26. The van der Waals surface area contributed by atoms with Crippen LogP contribution in [0, 0.1) is 0 Å². The first-order valence-electron chi connectivity index (χ1n) is 5.72. The summed E-state index contributed by atoms with van der Waals surface area (Å²) in [5.41, 5.74) is 6.05. The lowest BCUT2D eigenvalue weighted by Crippen LogP contribution is -2.53. The first kappa shape index (κ1) is 11.9. The third-order valence-corrected chi connectivity index (χ3v) is 3.60. The highest BCUT2D eigenvalue weighted by molar-refractivity contribution is 4.92. The fraction of sp³-hybridized carbons (Fsp3) is 1.00. The highest BCUT2D eigenvalue weighted by Gasteiger charge is 2.33. The minimum absolute atomic E-state index is 0.174. The number of nitrogens with zero attached hydrogens (tertiary/aromatic N) is 1. The van der Waals surface area contributed by atoms with Gasteiger partial charge in [0.05, 0.1) is 6.67 Å². The molecule has 1 fully saturated rings. The highest BCUT2D eigenvalue weighted by atomic mass is 19.1. The molecule has 1 aliphatic carbocycles. The minimum atomic E-state index is -0.217. The molecule has 0 spiro atoms. The van der Waals surface area contributed by atoms with Crippen molar-refractivity contribution in [2.45, 2.75) is 44.1 Å². The van der Waals surface area contributed by atoms with Crippen LogP contribution in [0.4, 0.5) is 4.39 Å². The van der Waals surface area contributed by atoms with Crippen molar-refractivity contribution in [2.75, 3.05) is 26.8 Å². The van der Waals surface area contributed by atoms with Gasteiger partial charge in [-0.15, -0.1) is 0 Å². The third kappa shape index (κ3) is 2.67.